The number of hydrogen-bond acceptors (Lipinski definition) is 6. The van der Waals surface area contributed by atoms with Crippen LogP contribution in [0, 0.1) is 11.3 Å². The van der Waals surface area contributed by atoms with Crippen LogP contribution >= 0.6 is 0 Å². The van der Waals surface area contributed by atoms with Crippen LogP contribution in [0.15, 0.2) is 35.5 Å². The molecule has 0 aromatic carbocycles. The van der Waals surface area contributed by atoms with Crippen LogP contribution in [0.1, 0.15) is 37.3 Å². The van der Waals surface area contributed by atoms with Crippen molar-refractivity contribution in [3.8, 4) is 17.5 Å². The zero-order valence-corrected chi connectivity index (χ0v) is 15.9. The number of rotatable bonds is 2. The Labute approximate surface area is 165 Å². The molecule has 0 aliphatic heterocycles. The van der Waals surface area contributed by atoms with E-state index in [4.69, 9.17) is 4.98 Å². The van der Waals surface area contributed by atoms with Gasteiger partial charge < -0.3 is 5.11 Å². The lowest BCUT2D eigenvalue weighted by Crippen LogP contribution is -2.30. The van der Waals surface area contributed by atoms with Gasteiger partial charge in [-0.1, -0.05) is 0 Å². The molecule has 146 valence electrons. The number of imidazole rings is 1. The van der Waals surface area contributed by atoms with Gasteiger partial charge in [0.05, 0.1) is 41.2 Å². The molecule has 5 rings (SSSR count). The van der Waals surface area contributed by atoms with Gasteiger partial charge in [-0.3, -0.25) is 9.13 Å². The molecule has 4 aromatic rings. The molecule has 0 radical (unpaired) electrons. The number of aromatic nitrogens is 6. The summed E-state index contributed by atoms with van der Waals surface area (Å²) in [6.45, 7) is 0. The summed E-state index contributed by atoms with van der Waals surface area (Å²) in [5.41, 5.74) is 3.08. The molecule has 0 spiro atoms. The van der Waals surface area contributed by atoms with Crippen molar-refractivity contribution in [1.82, 2.24) is 28.7 Å². The summed E-state index contributed by atoms with van der Waals surface area (Å²) in [7, 11) is 1.72. The van der Waals surface area contributed by atoms with Crippen LogP contribution in [0.5, 0.6) is 0 Å². The second-order valence-corrected chi connectivity index (χ2v) is 7.49. The Bertz CT molecular complexity index is 1330. The second-order valence-electron chi connectivity index (χ2n) is 7.49. The Balaban J connectivity index is 1.69. The van der Waals surface area contributed by atoms with E-state index in [0.29, 0.717) is 41.0 Å². The Morgan fingerprint density at radius 1 is 1.21 bits per heavy atom. The van der Waals surface area contributed by atoms with Gasteiger partial charge in [-0.2, -0.15) is 10.4 Å². The zero-order chi connectivity index (χ0) is 20.1. The van der Waals surface area contributed by atoms with Crippen LogP contribution < -0.4 is 5.69 Å². The van der Waals surface area contributed by atoms with E-state index in [9.17, 15) is 15.2 Å². The van der Waals surface area contributed by atoms with E-state index in [2.05, 4.69) is 16.2 Å². The van der Waals surface area contributed by atoms with Crippen molar-refractivity contribution in [3.63, 3.8) is 0 Å². The van der Waals surface area contributed by atoms with E-state index in [1.165, 1.54) is 0 Å². The maximum absolute atomic E-state index is 12.9. The summed E-state index contributed by atoms with van der Waals surface area (Å²) in [6, 6.07) is 5.58. The van der Waals surface area contributed by atoms with Crippen LogP contribution in [0.25, 0.3) is 28.1 Å². The van der Waals surface area contributed by atoms with Gasteiger partial charge in [-0.25, -0.2) is 19.3 Å². The molecule has 29 heavy (non-hydrogen) atoms. The first-order chi connectivity index (χ1) is 14.1. The first-order valence-corrected chi connectivity index (χ1v) is 9.56. The molecule has 1 fully saturated rings. The first-order valence-electron chi connectivity index (χ1n) is 9.56. The normalized spacial score (nSPS) is 19.6. The molecule has 9 nitrogen and oxygen atoms in total. The fourth-order valence-electron chi connectivity index (χ4n) is 4.13. The quantitative estimate of drug-likeness (QED) is 0.559. The summed E-state index contributed by atoms with van der Waals surface area (Å²) in [4.78, 5) is 22.1. The maximum atomic E-state index is 12.9. The predicted molar refractivity (Wildman–Crippen MR) is 105 cm³/mol. The van der Waals surface area contributed by atoms with Crippen LogP contribution in [0.3, 0.4) is 0 Å². The number of aryl methyl sites for hydroxylation is 1. The van der Waals surface area contributed by atoms with Gasteiger partial charge in [0.2, 0.25) is 0 Å². The van der Waals surface area contributed by atoms with Crippen molar-refractivity contribution < 1.29 is 5.11 Å². The van der Waals surface area contributed by atoms with Gasteiger partial charge in [0.15, 0.2) is 11.5 Å². The third-order valence-corrected chi connectivity index (χ3v) is 5.76. The molecule has 0 saturated heterocycles. The number of hydrogen-bond donors (Lipinski definition) is 1. The minimum atomic E-state index is -0.296. The van der Waals surface area contributed by atoms with Gasteiger partial charge in [-0.05, 0) is 37.8 Å². The lowest BCUT2D eigenvalue weighted by atomic mass is 9.93. The summed E-state index contributed by atoms with van der Waals surface area (Å²) in [5.74, 6) is 0.456. The van der Waals surface area contributed by atoms with Crippen LogP contribution in [-0.4, -0.2) is 39.9 Å². The Morgan fingerprint density at radius 2 is 2.00 bits per heavy atom. The number of pyridine rings is 1. The third kappa shape index (κ3) is 2.72. The number of fused-ring (bicyclic) bond motifs is 2. The highest BCUT2D eigenvalue weighted by Crippen LogP contribution is 2.30. The molecule has 9 heteroatoms. The lowest BCUT2D eigenvalue weighted by Gasteiger charge is -2.26. The number of aliphatic hydroxyl groups is 1. The van der Waals surface area contributed by atoms with Gasteiger partial charge >= 0.3 is 5.69 Å². The van der Waals surface area contributed by atoms with Crippen LogP contribution in [-0.2, 0) is 7.05 Å². The summed E-state index contributed by atoms with van der Waals surface area (Å²) < 4.78 is 4.97. The van der Waals surface area contributed by atoms with Crippen molar-refractivity contribution in [2.75, 3.05) is 0 Å². The highest BCUT2D eigenvalue weighted by atomic mass is 16.3. The van der Waals surface area contributed by atoms with E-state index in [1.54, 1.807) is 51.4 Å². The topological polar surface area (TPSA) is 114 Å². The van der Waals surface area contributed by atoms with E-state index < -0.39 is 0 Å². The molecule has 1 N–H and O–H groups in total. The van der Waals surface area contributed by atoms with Crippen molar-refractivity contribution in [3.05, 3.63) is 46.8 Å². The lowest BCUT2D eigenvalue weighted by molar-refractivity contribution is 0.110. The molecular formula is C20H19N7O2. The first kappa shape index (κ1) is 17.6. The van der Waals surface area contributed by atoms with Crippen LogP contribution in [0.4, 0.5) is 0 Å². The average Bonchev–Trinajstić information content (AvgIpc) is 3.27. The largest absolute Gasteiger partial charge is 0.393 e. The van der Waals surface area contributed by atoms with E-state index in [1.807, 2.05) is 0 Å². The molecule has 0 unspecified atom stereocenters. The summed E-state index contributed by atoms with van der Waals surface area (Å²) in [6.07, 6.45) is 7.58. The Hall–Kier alpha value is -3.51. The molecule has 0 amide bonds. The minimum absolute atomic E-state index is 0.00597. The smallest absolute Gasteiger partial charge is 0.330 e. The standard InChI is InChI=1S/C20H19N7O2/c1-25-17-11-22-18(15-10-23-26-7-6-12(9-21)8-16(15)26)24-19(17)27(20(25)29)13-2-4-14(28)5-3-13/h6-8,10-11,13-14,28H,2-5H2,1H3. The molecule has 1 saturated carbocycles. The third-order valence-electron chi connectivity index (χ3n) is 5.76. The van der Waals surface area contributed by atoms with Crippen molar-refractivity contribution in [2.45, 2.75) is 37.8 Å². The molecular weight excluding hydrogens is 370 g/mol. The highest BCUT2D eigenvalue weighted by molar-refractivity contribution is 5.80. The molecule has 0 bridgehead atoms. The summed E-state index contributed by atoms with van der Waals surface area (Å²) >= 11 is 0. The molecule has 1 aliphatic carbocycles. The predicted octanol–water partition coefficient (Wildman–Crippen LogP) is 1.79. The molecule has 4 heterocycles. The fourth-order valence-corrected chi connectivity index (χ4v) is 4.13. The monoisotopic (exact) mass is 389 g/mol. The van der Waals surface area contributed by atoms with Crippen molar-refractivity contribution >= 4 is 16.7 Å². The highest BCUT2D eigenvalue weighted by Gasteiger charge is 2.26. The van der Waals surface area contributed by atoms with Crippen molar-refractivity contribution in [1.29, 1.82) is 5.26 Å². The molecule has 1 aliphatic rings. The number of nitrogens with zero attached hydrogens (tertiary/aromatic N) is 7. The van der Waals surface area contributed by atoms with E-state index in [-0.39, 0.29) is 17.8 Å². The second kappa shape index (κ2) is 6.53. The van der Waals surface area contributed by atoms with Gasteiger partial charge in [0.1, 0.15) is 5.52 Å². The SMILES string of the molecule is Cn1c(=O)n(C2CCC(O)CC2)c2nc(-c3cnn4ccc(C#N)cc34)ncc21. The Kier molecular flexibility index (Phi) is 3.96. The summed E-state index contributed by atoms with van der Waals surface area (Å²) in [5, 5.41) is 23.3. The minimum Gasteiger partial charge on any atom is -0.393 e. The van der Waals surface area contributed by atoms with Gasteiger partial charge in [0.25, 0.3) is 0 Å². The Morgan fingerprint density at radius 3 is 2.76 bits per heavy atom. The number of aliphatic hydroxyl groups excluding tert-OH is 1. The molecule has 4 aromatic heterocycles. The van der Waals surface area contributed by atoms with E-state index >= 15 is 0 Å². The van der Waals surface area contributed by atoms with Crippen molar-refractivity contribution in [2.24, 2.45) is 7.05 Å². The van der Waals surface area contributed by atoms with Gasteiger partial charge in [0, 0.05) is 19.3 Å². The van der Waals surface area contributed by atoms with Gasteiger partial charge in [-0.15, -0.1) is 0 Å². The van der Waals surface area contributed by atoms with E-state index in [0.717, 1.165) is 18.4 Å². The van der Waals surface area contributed by atoms with Crippen LogP contribution in [0.2, 0.25) is 0 Å². The zero-order valence-electron chi connectivity index (χ0n) is 15.9. The number of nitriles is 1. The molecule has 0 atom stereocenters. The fraction of sp³-hybridized carbons (Fsp3) is 0.350. The maximum Gasteiger partial charge on any atom is 0.330 e. The average molecular weight is 389 g/mol.